The summed E-state index contributed by atoms with van der Waals surface area (Å²) in [5, 5.41) is 0. The van der Waals surface area contributed by atoms with Gasteiger partial charge >= 0.3 is 0 Å². The fraction of sp³-hybridized carbons (Fsp3) is 0.222. The highest BCUT2D eigenvalue weighted by Crippen LogP contribution is 2.26. The molecule has 4 heteroatoms. The molecule has 1 aromatic heterocycles. The van der Waals surface area contributed by atoms with Crippen molar-refractivity contribution >= 4 is 11.0 Å². The Balaban J connectivity index is 2.36. The zero-order valence-electron chi connectivity index (χ0n) is 6.91. The summed E-state index contributed by atoms with van der Waals surface area (Å²) in [6, 6.07) is 6.38. The minimum Gasteiger partial charge on any atom is -0.488 e. The monoisotopic (exact) mass is 176 g/mol. The number of aromatic nitrogens is 2. The molecule has 1 aliphatic heterocycles. The topological polar surface area (TPSA) is 47.1 Å². The molecule has 0 atom stereocenters. The second-order valence-corrected chi connectivity index (χ2v) is 2.89. The van der Waals surface area contributed by atoms with Crippen molar-refractivity contribution in [3.63, 3.8) is 0 Å². The van der Waals surface area contributed by atoms with E-state index in [1.807, 2.05) is 18.2 Å². The van der Waals surface area contributed by atoms with Gasteiger partial charge < -0.3 is 14.5 Å². The number of benzene rings is 1. The first-order valence-electron chi connectivity index (χ1n) is 4.18. The number of nitrogens with zero attached hydrogens (tertiary/aromatic N) is 1. The Labute approximate surface area is 74.5 Å². The number of para-hydroxylation sites is 1. The summed E-state index contributed by atoms with van der Waals surface area (Å²) < 4.78 is 10.8. The molecular formula is C9H8N2O2. The Bertz CT molecular complexity index is 450. The summed E-state index contributed by atoms with van der Waals surface area (Å²) in [4.78, 5) is 7.31. The van der Waals surface area contributed by atoms with E-state index < -0.39 is 0 Å². The lowest BCUT2D eigenvalue weighted by molar-refractivity contribution is 0.205. The molecule has 4 nitrogen and oxygen atoms in total. The number of ether oxygens (including phenoxy) is 2. The lowest BCUT2D eigenvalue weighted by Crippen LogP contribution is -2.10. The van der Waals surface area contributed by atoms with Crippen LogP contribution in [0.4, 0.5) is 0 Å². The van der Waals surface area contributed by atoms with Crippen LogP contribution >= 0.6 is 0 Å². The Kier molecular flexibility index (Phi) is 1.24. The molecule has 0 spiro atoms. The van der Waals surface area contributed by atoms with Crippen molar-refractivity contribution in [3.05, 3.63) is 18.2 Å². The van der Waals surface area contributed by atoms with Crippen LogP contribution in [0.15, 0.2) is 18.2 Å². The Morgan fingerprint density at radius 3 is 3.15 bits per heavy atom. The van der Waals surface area contributed by atoms with Crippen LogP contribution in [0.25, 0.3) is 11.0 Å². The highest BCUT2D eigenvalue weighted by atomic mass is 16.5. The van der Waals surface area contributed by atoms with Gasteiger partial charge in [0, 0.05) is 0 Å². The third-order valence-corrected chi connectivity index (χ3v) is 2.03. The third-order valence-electron chi connectivity index (χ3n) is 2.03. The standard InChI is InChI=1S/C9H8N2O2/c1-2-6-8-7(3-1)12-4-5-13-9(10-6)11-8/h1-3H,4-5H2,(H,10,11). The fourth-order valence-corrected chi connectivity index (χ4v) is 1.46. The molecular weight excluding hydrogens is 168 g/mol. The average molecular weight is 176 g/mol. The van der Waals surface area contributed by atoms with Gasteiger partial charge in [-0.25, -0.2) is 0 Å². The summed E-state index contributed by atoms with van der Waals surface area (Å²) >= 11 is 0. The van der Waals surface area contributed by atoms with Crippen LogP contribution in [-0.2, 0) is 0 Å². The molecule has 3 rings (SSSR count). The number of imidazole rings is 1. The van der Waals surface area contributed by atoms with Crippen LogP contribution < -0.4 is 9.47 Å². The fourth-order valence-electron chi connectivity index (χ4n) is 1.46. The smallest absolute Gasteiger partial charge is 0.294 e. The zero-order valence-corrected chi connectivity index (χ0v) is 6.91. The van der Waals surface area contributed by atoms with Gasteiger partial charge in [-0.05, 0) is 12.1 Å². The molecule has 1 N–H and O–H groups in total. The Hall–Kier alpha value is -1.71. The number of H-pyrrole nitrogens is 1. The molecule has 0 unspecified atom stereocenters. The van der Waals surface area contributed by atoms with Crippen molar-refractivity contribution in [1.29, 1.82) is 0 Å². The van der Waals surface area contributed by atoms with Crippen LogP contribution in [0.5, 0.6) is 11.8 Å². The summed E-state index contributed by atoms with van der Waals surface area (Å²) in [5.41, 5.74) is 1.80. The van der Waals surface area contributed by atoms with E-state index in [1.165, 1.54) is 0 Å². The van der Waals surface area contributed by atoms with Crippen molar-refractivity contribution < 1.29 is 9.47 Å². The summed E-state index contributed by atoms with van der Waals surface area (Å²) in [7, 11) is 0. The average Bonchev–Trinajstić information content (AvgIpc) is 2.51. The van der Waals surface area contributed by atoms with Crippen LogP contribution in [0.2, 0.25) is 0 Å². The van der Waals surface area contributed by atoms with E-state index >= 15 is 0 Å². The predicted octanol–water partition coefficient (Wildman–Crippen LogP) is 1.33. The second-order valence-electron chi connectivity index (χ2n) is 2.89. The van der Waals surface area contributed by atoms with E-state index in [4.69, 9.17) is 9.47 Å². The van der Waals surface area contributed by atoms with E-state index in [1.54, 1.807) is 0 Å². The Morgan fingerprint density at radius 2 is 2.15 bits per heavy atom. The first-order valence-corrected chi connectivity index (χ1v) is 4.18. The van der Waals surface area contributed by atoms with E-state index in [0.717, 1.165) is 16.8 Å². The van der Waals surface area contributed by atoms with Gasteiger partial charge in [0.05, 0.1) is 5.52 Å². The van der Waals surface area contributed by atoms with E-state index in [9.17, 15) is 0 Å². The van der Waals surface area contributed by atoms with Crippen molar-refractivity contribution in [2.75, 3.05) is 13.2 Å². The molecule has 2 aromatic rings. The first kappa shape index (κ1) is 6.77. The second kappa shape index (κ2) is 2.39. The number of fused-ring (bicyclic) bond motifs is 1. The first-order chi connectivity index (χ1) is 6.43. The third kappa shape index (κ3) is 0.950. The van der Waals surface area contributed by atoms with Crippen molar-refractivity contribution in [2.24, 2.45) is 0 Å². The summed E-state index contributed by atoms with van der Waals surface area (Å²) in [5.74, 6) is 0.823. The van der Waals surface area contributed by atoms with E-state index in [-0.39, 0.29) is 0 Å². The van der Waals surface area contributed by atoms with Gasteiger partial charge in [0.15, 0.2) is 0 Å². The van der Waals surface area contributed by atoms with Crippen LogP contribution in [0, 0.1) is 0 Å². The Morgan fingerprint density at radius 1 is 1.23 bits per heavy atom. The number of nitrogens with one attached hydrogen (secondary N) is 1. The molecule has 0 aliphatic carbocycles. The van der Waals surface area contributed by atoms with Gasteiger partial charge in [-0.2, -0.15) is 4.98 Å². The maximum atomic E-state index is 5.46. The molecule has 1 aliphatic rings. The highest BCUT2D eigenvalue weighted by molar-refractivity contribution is 5.82. The largest absolute Gasteiger partial charge is 0.488 e. The van der Waals surface area contributed by atoms with Gasteiger partial charge in [-0.3, -0.25) is 0 Å². The minimum absolute atomic E-state index is 0.531. The maximum absolute atomic E-state index is 5.46. The number of hydrogen-bond acceptors (Lipinski definition) is 3. The lowest BCUT2D eigenvalue weighted by atomic mass is 10.3. The molecule has 0 saturated carbocycles. The number of aromatic amines is 1. The van der Waals surface area contributed by atoms with Gasteiger partial charge in [0.25, 0.3) is 6.01 Å². The predicted molar refractivity (Wildman–Crippen MR) is 47.1 cm³/mol. The molecule has 0 radical (unpaired) electrons. The quantitative estimate of drug-likeness (QED) is 0.658. The number of hydrogen-bond donors (Lipinski definition) is 1. The molecule has 0 amide bonds. The van der Waals surface area contributed by atoms with Crippen LogP contribution in [0.3, 0.4) is 0 Å². The molecule has 1 aromatic carbocycles. The zero-order chi connectivity index (χ0) is 8.67. The van der Waals surface area contributed by atoms with Gasteiger partial charge in [-0.1, -0.05) is 6.07 Å². The molecule has 0 saturated heterocycles. The van der Waals surface area contributed by atoms with Gasteiger partial charge in [-0.15, -0.1) is 0 Å². The van der Waals surface area contributed by atoms with Crippen molar-refractivity contribution in [1.82, 2.24) is 9.97 Å². The van der Waals surface area contributed by atoms with Crippen LogP contribution in [-0.4, -0.2) is 23.2 Å². The molecule has 13 heavy (non-hydrogen) atoms. The molecule has 2 heterocycles. The summed E-state index contributed by atoms with van der Waals surface area (Å²) in [6.45, 7) is 1.10. The van der Waals surface area contributed by atoms with E-state index in [2.05, 4.69) is 9.97 Å². The van der Waals surface area contributed by atoms with E-state index in [0.29, 0.717) is 19.2 Å². The van der Waals surface area contributed by atoms with Crippen molar-refractivity contribution in [2.45, 2.75) is 0 Å². The maximum Gasteiger partial charge on any atom is 0.294 e. The molecule has 66 valence electrons. The van der Waals surface area contributed by atoms with Gasteiger partial charge in [0.1, 0.15) is 24.5 Å². The normalized spacial score (nSPS) is 14.8. The summed E-state index contributed by atoms with van der Waals surface area (Å²) in [6.07, 6.45) is 0. The molecule has 0 fully saturated rings. The minimum atomic E-state index is 0.531. The van der Waals surface area contributed by atoms with Gasteiger partial charge in [0.2, 0.25) is 0 Å². The number of rotatable bonds is 0. The lowest BCUT2D eigenvalue weighted by Gasteiger charge is -2.07. The molecule has 2 bridgehead atoms. The van der Waals surface area contributed by atoms with Crippen LogP contribution in [0.1, 0.15) is 0 Å². The van der Waals surface area contributed by atoms with Crippen molar-refractivity contribution in [3.8, 4) is 11.8 Å². The highest BCUT2D eigenvalue weighted by Gasteiger charge is 2.11. The SMILES string of the molecule is c1cc2c3nc([nH]c3c1)OCCO2.